The number of hydrogen-bond acceptors (Lipinski definition) is 1. The zero-order valence-electron chi connectivity index (χ0n) is 8.84. The molecule has 0 aromatic heterocycles. The van der Waals surface area contributed by atoms with E-state index in [9.17, 15) is 0 Å². The third kappa shape index (κ3) is 2.22. The molecule has 0 aromatic rings. The maximum atomic E-state index is 5.54. The van der Waals surface area contributed by atoms with Crippen molar-refractivity contribution in [1.82, 2.24) is 0 Å². The van der Waals surface area contributed by atoms with Gasteiger partial charge in [-0.25, -0.2) is 0 Å². The molecule has 0 amide bonds. The van der Waals surface area contributed by atoms with Crippen LogP contribution in [0.25, 0.3) is 0 Å². The second kappa shape index (κ2) is 4.27. The Bertz CT molecular complexity index is 131. The smallest absolute Gasteiger partial charge is 0.0604 e. The average molecular weight is 170 g/mol. The monoisotopic (exact) mass is 170 g/mol. The molecule has 0 aromatic carbocycles. The van der Waals surface area contributed by atoms with Crippen LogP contribution in [0.15, 0.2) is 0 Å². The van der Waals surface area contributed by atoms with Gasteiger partial charge in [-0.2, -0.15) is 0 Å². The van der Waals surface area contributed by atoms with Crippen molar-refractivity contribution in [3.63, 3.8) is 0 Å². The molecule has 1 saturated carbocycles. The summed E-state index contributed by atoms with van der Waals surface area (Å²) in [5.74, 6) is 2.44. The van der Waals surface area contributed by atoms with Crippen molar-refractivity contribution in [2.24, 2.45) is 17.8 Å². The molecule has 0 N–H and O–H groups in total. The first-order valence-corrected chi connectivity index (χ1v) is 5.18. The highest BCUT2D eigenvalue weighted by molar-refractivity contribution is 4.80. The molecule has 0 aliphatic heterocycles. The molecular formula is C11H22O. The summed E-state index contributed by atoms with van der Waals surface area (Å²) in [5, 5.41) is 0. The molecule has 1 unspecified atom stereocenters. The van der Waals surface area contributed by atoms with Crippen LogP contribution in [0, 0.1) is 17.8 Å². The molecule has 0 heterocycles. The lowest BCUT2D eigenvalue weighted by Gasteiger charge is -2.36. The highest BCUT2D eigenvalue weighted by Gasteiger charge is 2.30. The molecule has 1 aliphatic carbocycles. The van der Waals surface area contributed by atoms with Crippen molar-refractivity contribution in [2.45, 2.75) is 46.1 Å². The molecule has 0 bridgehead atoms. The lowest BCUT2D eigenvalue weighted by molar-refractivity contribution is -0.00982. The lowest BCUT2D eigenvalue weighted by atomic mass is 9.75. The van der Waals surface area contributed by atoms with E-state index in [1.54, 1.807) is 0 Å². The molecule has 1 rings (SSSR count). The molecule has 0 spiro atoms. The van der Waals surface area contributed by atoms with Gasteiger partial charge in [0.25, 0.3) is 0 Å². The molecule has 0 saturated heterocycles. The molecular weight excluding hydrogens is 148 g/mol. The first-order chi connectivity index (χ1) is 5.65. The van der Waals surface area contributed by atoms with Gasteiger partial charge in [0.15, 0.2) is 0 Å². The predicted molar refractivity (Wildman–Crippen MR) is 52.1 cm³/mol. The number of rotatable bonds is 2. The molecule has 72 valence electrons. The zero-order valence-corrected chi connectivity index (χ0v) is 8.84. The van der Waals surface area contributed by atoms with Crippen molar-refractivity contribution in [3.05, 3.63) is 0 Å². The lowest BCUT2D eigenvalue weighted by Crippen LogP contribution is -2.33. The predicted octanol–water partition coefficient (Wildman–Crippen LogP) is 3.09. The Kier molecular flexibility index (Phi) is 3.57. The van der Waals surface area contributed by atoms with Crippen LogP contribution in [0.4, 0.5) is 0 Å². The van der Waals surface area contributed by atoms with Crippen molar-refractivity contribution in [2.75, 3.05) is 7.11 Å². The summed E-state index contributed by atoms with van der Waals surface area (Å²) in [6.45, 7) is 6.96. The van der Waals surface area contributed by atoms with Crippen molar-refractivity contribution in [3.8, 4) is 0 Å². The maximum absolute atomic E-state index is 5.54. The van der Waals surface area contributed by atoms with E-state index in [4.69, 9.17) is 4.74 Å². The first-order valence-electron chi connectivity index (χ1n) is 5.18. The van der Waals surface area contributed by atoms with E-state index in [0.717, 1.165) is 17.8 Å². The van der Waals surface area contributed by atoms with Gasteiger partial charge in [-0.05, 0) is 30.6 Å². The van der Waals surface area contributed by atoms with Crippen molar-refractivity contribution >= 4 is 0 Å². The van der Waals surface area contributed by atoms with Gasteiger partial charge in [-0.15, -0.1) is 0 Å². The zero-order chi connectivity index (χ0) is 9.14. The van der Waals surface area contributed by atoms with Gasteiger partial charge in [0, 0.05) is 7.11 Å². The summed E-state index contributed by atoms with van der Waals surface area (Å²) < 4.78 is 5.54. The molecule has 3 atom stereocenters. The Morgan fingerprint density at radius 1 is 1.25 bits per heavy atom. The van der Waals surface area contributed by atoms with Crippen LogP contribution >= 0.6 is 0 Å². The van der Waals surface area contributed by atoms with Gasteiger partial charge in [0.2, 0.25) is 0 Å². The van der Waals surface area contributed by atoms with Gasteiger partial charge in [-0.3, -0.25) is 0 Å². The summed E-state index contributed by atoms with van der Waals surface area (Å²) in [5.41, 5.74) is 0. The van der Waals surface area contributed by atoms with E-state index in [1.165, 1.54) is 19.3 Å². The summed E-state index contributed by atoms with van der Waals surface area (Å²) >= 11 is 0. The fourth-order valence-electron chi connectivity index (χ4n) is 2.39. The first kappa shape index (κ1) is 10.0. The maximum Gasteiger partial charge on any atom is 0.0604 e. The fraction of sp³-hybridized carbons (Fsp3) is 1.00. The quantitative estimate of drug-likeness (QED) is 0.619. The third-order valence-corrected chi connectivity index (χ3v) is 3.26. The van der Waals surface area contributed by atoms with E-state index >= 15 is 0 Å². The summed E-state index contributed by atoms with van der Waals surface area (Å²) in [4.78, 5) is 0. The highest BCUT2D eigenvalue weighted by Crippen LogP contribution is 2.34. The van der Waals surface area contributed by atoms with Gasteiger partial charge < -0.3 is 4.74 Å². The Morgan fingerprint density at radius 2 is 1.92 bits per heavy atom. The van der Waals surface area contributed by atoms with E-state index in [1.807, 2.05) is 7.11 Å². The van der Waals surface area contributed by atoms with E-state index in [0.29, 0.717) is 6.10 Å². The van der Waals surface area contributed by atoms with Crippen LogP contribution in [0.5, 0.6) is 0 Å². The summed E-state index contributed by atoms with van der Waals surface area (Å²) in [7, 11) is 1.86. The van der Waals surface area contributed by atoms with Crippen molar-refractivity contribution in [1.29, 1.82) is 0 Å². The minimum Gasteiger partial charge on any atom is -0.381 e. The Morgan fingerprint density at radius 3 is 2.42 bits per heavy atom. The van der Waals surface area contributed by atoms with Crippen LogP contribution in [-0.2, 0) is 4.74 Å². The highest BCUT2D eigenvalue weighted by atomic mass is 16.5. The molecule has 1 nitrogen and oxygen atoms in total. The molecule has 1 heteroatoms. The van der Waals surface area contributed by atoms with Crippen molar-refractivity contribution < 1.29 is 4.74 Å². The minimum atomic E-state index is 0.522. The van der Waals surface area contributed by atoms with E-state index < -0.39 is 0 Å². The Balaban J connectivity index is 2.50. The average Bonchev–Trinajstić information content (AvgIpc) is 2.03. The second-order valence-electron chi connectivity index (χ2n) is 4.60. The molecule has 1 aliphatic rings. The van der Waals surface area contributed by atoms with Crippen LogP contribution in [0.1, 0.15) is 40.0 Å². The van der Waals surface area contributed by atoms with Gasteiger partial charge >= 0.3 is 0 Å². The Labute approximate surface area is 76.5 Å². The molecule has 1 fully saturated rings. The van der Waals surface area contributed by atoms with Crippen LogP contribution in [-0.4, -0.2) is 13.2 Å². The van der Waals surface area contributed by atoms with E-state index in [-0.39, 0.29) is 0 Å². The summed E-state index contributed by atoms with van der Waals surface area (Å²) in [6, 6.07) is 0. The number of methoxy groups -OCH3 is 1. The summed E-state index contributed by atoms with van der Waals surface area (Å²) in [6.07, 6.45) is 4.54. The van der Waals surface area contributed by atoms with Gasteiger partial charge in [-0.1, -0.05) is 27.2 Å². The van der Waals surface area contributed by atoms with Crippen LogP contribution in [0.2, 0.25) is 0 Å². The number of ether oxygens (including phenoxy) is 1. The van der Waals surface area contributed by atoms with E-state index in [2.05, 4.69) is 20.8 Å². The molecule has 0 radical (unpaired) electrons. The normalized spacial score (nSPS) is 37.2. The minimum absolute atomic E-state index is 0.522. The topological polar surface area (TPSA) is 9.23 Å². The second-order valence-corrected chi connectivity index (χ2v) is 4.60. The SMILES string of the molecule is CO[C@@H]1C[C@H](C)CCC1C(C)C. The van der Waals surface area contributed by atoms with Gasteiger partial charge in [0.05, 0.1) is 6.10 Å². The van der Waals surface area contributed by atoms with Crippen LogP contribution < -0.4 is 0 Å². The third-order valence-electron chi connectivity index (χ3n) is 3.26. The fourth-order valence-corrected chi connectivity index (χ4v) is 2.39. The standard InChI is InChI=1S/C11H22O/c1-8(2)10-6-5-9(3)7-11(10)12-4/h8-11H,5-7H2,1-4H3/t9-,10?,11-/m1/s1. The number of hydrogen-bond donors (Lipinski definition) is 0. The largest absolute Gasteiger partial charge is 0.381 e. The molecule has 12 heavy (non-hydrogen) atoms. The van der Waals surface area contributed by atoms with Crippen LogP contribution in [0.3, 0.4) is 0 Å². The van der Waals surface area contributed by atoms with Gasteiger partial charge in [0.1, 0.15) is 0 Å². The Hall–Kier alpha value is -0.0400.